The molecule has 40 heavy (non-hydrogen) atoms. The van der Waals surface area contributed by atoms with Crippen molar-refractivity contribution in [1.82, 2.24) is 4.90 Å². The Morgan fingerprint density at radius 1 is 0.875 bits per heavy atom. The van der Waals surface area contributed by atoms with E-state index in [-0.39, 0.29) is 35.5 Å². The monoisotopic (exact) mass is 557 g/mol. The summed E-state index contributed by atoms with van der Waals surface area (Å²) < 4.78 is 11.3. The number of fused-ring (bicyclic) bond motifs is 2. The van der Waals surface area contributed by atoms with Crippen LogP contribution in [0.1, 0.15) is 85.2 Å². The number of benzene rings is 3. The van der Waals surface area contributed by atoms with Gasteiger partial charge in [-0.3, -0.25) is 4.79 Å². The normalized spacial score (nSPS) is 20.3. The molecule has 2 saturated heterocycles. The second-order valence-corrected chi connectivity index (χ2v) is 12.8. The molecular weight excluding hydrogens is 518 g/mol. The van der Waals surface area contributed by atoms with Crippen LogP contribution in [0.25, 0.3) is 0 Å². The van der Waals surface area contributed by atoms with Crippen molar-refractivity contribution in [2.45, 2.75) is 87.6 Å². The Balaban J connectivity index is 1.17. The summed E-state index contributed by atoms with van der Waals surface area (Å²) in [5.74, 6) is 1.42. The Bertz CT molecular complexity index is 1320. The highest BCUT2D eigenvalue weighted by Crippen LogP contribution is 2.39. The van der Waals surface area contributed by atoms with Gasteiger partial charge >= 0.3 is 5.97 Å². The largest absolute Gasteiger partial charge is 0.490 e. The van der Waals surface area contributed by atoms with E-state index in [1.807, 2.05) is 36.0 Å². The van der Waals surface area contributed by atoms with Gasteiger partial charge in [-0.2, -0.15) is 0 Å². The molecule has 2 aliphatic rings. The fourth-order valence-electron chi connectivity index (χ4n) is 5.90. The lowest BCUT2D eigenvalue weighted by atomic mass is 9.87. The second-order valence-electron chi connectivity index (χ2n) is 11.8. The Morgan fingerprint density at radius 3 is 2.12 bits per heavy atom. The maximum atomic E-state index is 13.6. The maximum Gasteiger partial charge on any atom is 0.338 e. The molecule has 0 spiro atoms. The molecule has 0 saturated carbocycles. The van der Waals surface area contributed by atoms with Crippen LogP contribution in [0.3, 0.4) is 0 Å². The van der Waals surface area contributed by atoms with Crippen molar-refractivity contribution in [1.29, 1.82) is 0 Å². The molecule has 0 N–H and O–H groups in total. The number of hydrogen-bond acceptors (Lipinski definition) is 5. The van der Waals surface area contributed by atoms with Gasteiger partial charge in [-0.05, 0) is 78.8 Å². The van der Waals surface area contributed by atoms with Crippen molar-refractivity contribution in [3.8, 4) is 5.75 Å². The number of nitrogens with zero attached hydrogens (tertiary/aromatic N) is 1. The Hall–Kier alpha value is -3.25. The fraction of sp³-hybridized carbons (Fsp3) is 0.412. The lowest BCUT2D eigenvalue weighted by Gasteiger charge is -2.39. The van der Waals surface area contributed by atoms with E-state index in [1.54, 1.807) is 19.1 Å². The first kappa shape index (κ1) is 28.3. The van der Waals surface area contributed by atoms with E-state index in [4.69, 9.17) is 9.47 Å². The number of carbonyl (C=O) groups is 2. The number of hydrogen-bond donors (Lipinski definition) is 0. The lowest BCUT2D eigenvalue weighted by Crippen LogP contribution is -2.49. The first-order chi connectivity index (χ1) is 19.2. The van der Waals surface area contributed by atoms with E-state index < -0.39 is 0 Å². The average Bonchev–Trinajstić information content (AvgIpc) is 3.21. The van der Waals surface area contributed by atoms with Gasteiger partial charge in [-0.25, -0.2) is 4.79 Å². The van der Waals surface area contributed by atoms with Gasteiger partial charge in [0.25, 0.3) is 5.91 Å². The molecule has 2 heterocycles. The van der Waals surface area contributed by atoms with Crippen molar-refractivity contribution in [2.75, 3.05) is 6.61 Å². The summed E-state index contributed by atoms with van der Waals surface area (Å²) in [6, 6.07) is 24.3. The molecule has 1 amide bonds. The zero-order valence-electron chi connectivity index (χ0n) is 23.9. The SMILES string of the molecule is CCOC(=O)c1ccc(OC2CC3CCC(C2)N3C(=O)c2ccc(CSc3ccccc3C(C)(C)C)cc2)cc1. The van der Waals surface area contributed by atoms with E-state index in [0.717, 1.165) is 42.7 Å². The van der Waals surface area contributed by atoms with Gasteiger partial charge in [-0.15, -0.1) is 11.8 Å². The minimum atomic E-state index is -0.323. The molecule has 0 aromatic heterocycles. The van der Waals surface area contributed by atoms with Gasteiger partial charge in [0.15, 0.2) is 0 Å². The highest BCUT2D eigenvalue weighted by atomic mass is 32.2. The van der Waals surface area contributed by atoms with Gasteiger partial charge in [0.05, 0.1) is 12.2 Å². The molecule has 2 bridgehead atoms. The van der Waals surface area contributed by atoms with Crippen LogP contribution in [-0.4, -0.2) is 41.6 Å². The fourth-order valence-corrected chi connectivity index (χ4v) is 7.12. The number of piperidine rings is 1. The van der Waals surface area contributed by atoms with Crippen LogP contribution in [0, 0.1) is 0 Å². The molecule has 3 aromatic rings. The van der Waals surface area contributed by atoms with Crippen molar-refractivity contribution in [3.63, 3.8) is 0 Å². The third kappa shape index (κ3) is 6.38. The lowest BCUT2D eigenvalue weighted by molar-refractivity contribution is 0.0359. The summed E-state index contributed by atoms with van der Waals surface area (Å²) in [5, 5.41) is 0. The molecule has 5 rings (SSSR count). The minimum Gasteiger partial charge on any atom is -0.490 e. The molecular formula is C34H39NO4S. The molecule has 2 atom stereocenters. The summed E-state index contributed by atoms with van der Waals surface area (Å²) in [7, 11) is 0. The van der Waals surface area contributed by atoms with Crippen LogP contribution in [0.15, 0.2) is 77.7 Å². The number of amides is 1. The van der Waals surface area contributed by atoms with E-state index in [0.29, 0.717) is 12.2 Å². The predicted octanol–water partition coefficient (Wildman–Crippen LogP) is 7.67. The molecule has 6 heteroatoms. The summed E-state index contributed by atoms with van der Waals surface area (Å²) in [4.78, 5) is 28.9. The number of ether oxygens (including phenoxy) is 2. The zero-order valence-corrected chi connectivity index (χ0v) is 24.7. The van der Waals surface area contributed by atoms with Crippen LogP contribution < -0.4 is 4.74 Å². The Kier molecular flexibility index (Phi) is 8.55. The van der Waals surface area contributed by atoms with Crippen molar-refractivity contribution >= 4 is 23.6 Å². The van der Waals surface area contributed by atoms with Gasteiger partial charge in [0.2, 0.25) is 0 Å². The number of carbonyl (C=O) groups excluding carboxylic acids is 2. The topological polar surface area (TPSA) is 55.8 Å². The average molecular weight is 558 g/mol. The number of thioether (sulfide) groups is 1. The second kappa shape index (κ2) is 12.1. The van der Waals surface area contributed by atoms with Crippen LogP contribution in [0.5, 0.6) is 5.75 Å². The predicted molar refractivity (Wildman–Crippen MR) is 160 cm³/mol. The van der Waals surface area contributed by atoms with Crippen LogP contribution in [0.4, 0.5) is 0 Å². The number of esters is 1. The quantitative estimate of drug-likeness (QED) is 0.210. The van der Waals surface area contributed by atoms with Crippen LogP contribution in [0.2, 0.25) is 0 Å². The van der Waals surface area contributed by atoms with Crippen molar-refractivity contribution < 1.29 is 19.1 Å². The van der Waals surface area contributed by atoms with Gasteiger partial charge in [0.1, 0.15) is 11.9 Å². The van der Waals surface area contributed by atoms with E-state index in [1.165, 1.54) is 16.0 Å². The highest BCUT2D eigenvalue weighted by Gasteiger charge is 2.44. The standard InChI is InChI=1S/C34H39NO4S/c1-5-38-33(37)25-14-18-28(19-15-25)39-29-20-26-16-17-27(21-29)35(26)32(36)24-12-10-23(11-13-24)22-40-31-9-7-6-8-30(31)34(2,3)4/h6-15,18-19,26-27,29H,5,16-17,20-22H2,1-4H3. The molecule has 210 valence electrons. The van der Waals surface area contributed by atoms with E-state index in [2.05, 4.69) is 62.1 Å². The Morgan fingerprint density at radius 2 is 1.50 bits per heavy atom. The minimum absolute atomic E-state index is 0.0605. The van der Waals surface area contributed by atoms with E-state index >= 15 is 0 Å². The summed E-state index contributed by atoms with van der Waals surface area (Å²) in [6.45, 7) is 8.90. The molecule has 0 radical (unpaired) electrons. The first-order valence-corrected chi connectivity index (χ1v) is 15.3. The number of rotatable bonds is 8. The van der Waals surface area contributed by atoms with Gasteiger partial charge in [0, 0.05) is 41.1 Å². The molecule has 2 fully saturated rings. The molecule has 3 aromatic carbocycles. The van der Waals surface area contributed by atoms with Crippen LogP contribution in [-0.2, 0) is 15.9 Å². The van der Waals surface area contributed by atoms with Gasteiger partial charge < -0.3 is 14.4 Å². The Labute approximate surface area is 242 Å². The van der Waals surface area contributed by atoms with Crippen molar-refractivity contribution in [2.24, 2.45) is 0 Å². The summed E-state index contributed by atoms with van der Waals surface area (Å²) in [6.07, 6.45) is 3.73. The molecule has 2 aliphatic heterocycles. The van der Waals surface area contributed by atoms with Crippen LogP contribution >= 0.6 is 11.8 Å². The highest BCUT2D eigenvalue weighted by molar-refractivity contribution is 7.98. The smallest absolute Gasteiger partial charge is 0.338 e. The molecule has 0 aliphatic carbocycles. The van der Waals surface area contributed by atoms with Gasteiger partial charge in [-0.1, -0.05) is 51.1 Å². The zero-order chi connectivity index (χ0) is 28.3. The first-order valence-electron chi connectivity index (χ1n) is 14.3. The third-order valence-corrected chi connectivity index (χ3v) is 9.03. The summed E-state index contributed by atoms with van der Waals surface area (Å²) in [5.41, 5.74) is 3.97. The van der Waals surface area contributed by atoms with Crippen molar-refractivity contribution in [3.05, 3.63) is 95.1 Å². The maximum absolute atomic E-state index is 13.6. The third-order valence-electron chi connectivity index (χ3n) is 7.88. The van der Waals surface area contributed by atoms with E-state index in [9.17, 15) is 9.59 Å². The molecule has 2 unspecified atom stereocenters. The summed E-state index contributed by atoms with van der Waals surface area (Å²) >= 11 is 1.85. The molecule has 5 nitrogen and oxygen atoms in total.